The van der Waals surface area contributed by atoms with Crippen LogP contribution in [0.3, 0.4) is 0 Å². The molecule has 0 unspecified atom stereocenters. The molecule has 0 aromatic heterocycles. The van der Waals surface area contributed by atoms with E-state index in [1.165, 1.54) is 0 Å². The second-order valence-electron chi connectivity index (χ2n) is 8.24. The summed E-state index contributed by atoms with van der Waals surface area (Å²) in [7, 11) is 0. The molecule has 2 aliphatic heterocycles. The summed E-state index contributed by atoms with van der Waals surface area (Å²) >= 11 is 11.3. The van der Waals surface area contributed by atoms with E-state index in [1.807, 2.05) is 48.5 Å². The van der Waals surface area contributed by atoms with Crippen molar-refractivity contribution in [3.8, 4) is 0 Å². The molecule has 2 aliphatic rings. The van der Waals surface area contributed by atoms with Crippen molar-refractivity contribution >= 4 is 57.8 Å². The van der Waals surface area contributed by atoms with Gasteiger partial charge in [0, 0.05) is 63.7 Å². The maximum Gasteiger partial charge on any atom is 0.237 e. The highest BCUT2D eigenvalue weighted by Gasteiger charge is 2.21. The van der Waals surface area contributed by atoms with Crippen molar-refractivity contribution in [2.45, 2.75) is 0 Å². The first kappa shape index (κ1) is 24.3. The third-order valence-electron chi connectivity index (χ3n) is 6.20. The van der Waals surface area contributed by atoms with E-state index in [4.69, 9.17) is 23.2 Å². The van der Waals surface area contributed by atoms with Crippen LogP contribution in [0.4, 0.5) is 22.7 Å². The number of nitrogens with zero attached hydrogens (tertiary/aromatic N) is 6. The molecule has 0 radical (unpaired) electrons. The fraction of sp³-hybridized carbons (Fsp3) is 0.417. The van der Waals surface area contributed by atoms with Crippen LogP contribution in [-0.2, 0) is 9.59 Å². The first-order valence-corrected chi connectivity index (χ1v) is 12.4. The summed E-state index contributed by atoms with van der Waals surface area (Å²) in [6.45, 7) is 5.88. The van der Waals surface area contributed by atoms with Gasteiger partial charge in [0.15, 0.2) is 0 Å². The number of hydrogen-bond acceptors (Lipinski definition) is 6. The highest BCUT2D eigenvalue weighted by molar-refractivity contribution is 6.27. The van der Waals surface area contributed by atoms with E-state index in [9.17, 15) is 9.59 Å². The molecule has 2 saturated heterocycles. The molecule has 0 spiro atoms. The van der Waals surface area contributed by atoms with Gasteiger partial charge in [0.2, 0.25) is 11.8 Å². The molecule has 34 heavy (non-hydrogen) atoms. The molecule has 0 bridgehead atoms. The first-order chi connectivity index (χ1) is 16.6. The second-order valence-corrected chi connectivity index (χ2v) is 8.77. The van der Waals surface area contributed by atoms with Gasteiger partial charge in [-0.15, -0.1) is 23.2 Å². The Labute approximate surface area is 209 Å². The van der Waals surface area contributed by atoms with Gasteiger partial charge in [-0.1, -0.05) is 0 Å². The molecule has 2 heterocycles. The minimum atomic E-state index is -0.00793. The molecule has 2 fully saturated rings. The number of halogens is 2. The highest BCUT2D eigenvalue weighted by atomic mass is 35.5. The summed E-state index contributed by atoms with van der Waals surface area (Å²) in [5, 5.41) is 8.72. The largest absolute Gasteiger partial charge is 0.368 e. The van der Waals surface area contributed by atoms with E-state index in [0.717, 1.165) is 48.9 Å². The third kappa shape index (κ3) is 5.98. The van der Waals surface area contributed by atoms with Crippen molar-refractivity contribution in [2.24, 2.45) is 10.2 Å². The van der Waals surface area contributed by atoms with Crippen molar-refractivity contribution in [3.63, 3.8) is 0 Å². The van der Waals surface area contributed by atoms with Gasteiger partial charge in [-0.2, -0.15) is 10.2 Å². The summed E-state index contributed by atoms with van der Waals surface area (Å²) < 4.78 is 0. The average Bonchev–Trinajstić information content (AvgIpc) is 2.92. The quantitative estimate of drug-likeness (QED) is 0.443. The molecule has 2 amide bonds. The topological polar surface area (TPSA) is 71.8 Å². The van der Waals surface area contributed by atoms with E-state index >= 15 is 0 Å². The number of piperazine rings is 2. The molecule has 0 N–H and O–H groups in total. The number of hydrogen-bond donors (Lipinski definition) is 0. The van der Waals surface area contributed by atoms with Crippen molar-refractivity contribution < 1.29 is 9.59 Å². The van der Waals surface area contributed by atoms with Gasteiger partial charge >= 0.3 is 0 Å². The molecule has 180 valence electrons. The number of rotatable bonds is 6. The summed E-state index contributed by atoms with van der Waals surface area (Å²) in [6, 6.07) is 15.9. The van der Waals surface area contributed by atoms with Gasteiger partial charge in [0.25, 0.3) is 0 Å². The molecule has 4 rings (SSSR count). The van der Waals surface area contributed by atoms with Crippen molar-refractivity contribution in [3.05, 3.63) is 48.5 Å². The summed E-state index contributed by atoms with van der Waals surface area (Å²) in [5.74, 6) is 0.0607. The minimum absolute atomic E-state index is 0.00793. The Morgan fingerprint density at radius 1 is 0.588 bits per heavy atom. The van der Waals surface area contributed by atoms with Crippen LogP contribution in [0.15, 0.2) is 58.8 Å². The van der Waals surface area contributed by atoms with Gasteiger partial charge in [0.1, 0.15) is 11.8 Å². The number of alkyl halides is 2. The Morgan fingerprint density at radius 3 is 1.21 bits per heavy atom. The van der Waals surface area contributed by atoms with E-state index in [-0.39, 0.29) is 23.6 Å². The number of azo groups is 1. The standard InChI is InChI=1S/C24H28Cl2N6O2/c25-17-23(33)31-13-9-29(10-14-31)21-5-1-19(2-6-21)27-28-20-3-7-22(8-4-20)30-11-15-32(16-12-30)24(34)18-26/h1-8H,9-18H2. The van der Waals surface area contributed by atoms with E-state index < -0.39 is 0 Å². The maximum atomic E-state index is 11.7. The van der Waals surface area contributed by atoms with Crippen molar-refractivity contribution in [2.75, 3.05) is 73.9 Å². The number of carbonyl (C=O) groups is 2. The van der Waals surface area contributed by atoms with E-state index in [0.29, 0.717) is 26.2 Å². The summed E-state index contributed by atoms with van der Waals surface area (Å²) in [4.78, 5) is 31.6. The molecule has 2 aromatic carbocycles. The number of amides is 2. The van der Waals surface area contributed by atoms with Gasteiger partial charge in [-0.3, -0.25) is 9.59 Å². The molecule has 10 heteroatoms. The second kappa shape index (κ2) is 11.5. The normalized spacial score (nSPS) is 16.9. The van der Waals surface area contributed by atoms with Gasteiger partial charge in [-0.25, -0.2) is 0 Å². The van der Waals surface area contributed by atoms with Crippen molar-refractivity contribution in [1.82, 2.24) is 9.80 Å². The summed E-state index contributed by atoms with van der Waals surface area (Å²) in [6.07, 6.45) is 0. The predicted molar refractivity (Wildman–Crippen MR) is 136 cm³/mol. The lowest BCUT2D eigenvalue weighted by Crippen LogP contribution is -2.49. The van der Waals surface area contributed by atoms with Gasteiger partial charge in [0.05, 0.1) is 11.4 Å². The lowest BCUT2D eigenvalue weighted by atomic mass is 10.2. The molecule has 0 aliphatic carbocycles. The smallest absolute Gasteiger partial charge is 0.237 e. The van der Waals surface area contributed by atoms with Crippen LogP contribution in [-0.4, -0.2) is 85.7 Å². The SMILES string of the molecule is O=C(CCl)N1CCN(c2ccc(N=Nc3ccc(N4CCN(C(=O)CCl)CC4)cc3)cc2)CC1. The van der Waals surface area contributed by atoms with Crippen LogP contribution in [0.5, 0.6) is 0 Å². The minimum Gasteiger partial charge on any atom is -0.368 e. The zero-order valence-electron chi connectivity index (χ0n) is 18.9. The number of anilines is 2. The molecule has 0 saturated carbocycles. The fourth-order valence-corrected chi connectivity index (χ4v) is 4.51. The molecular weight excluding hydrogens is 475 g/mol. The zero-order chi connectivity index (χ0) is 23.9. The van der Waals surface area contributed by atoms with Gasteiger partial charge < -0.3 is 19.6 Å². The molecule has 8 nitrogen and oxygen atoms in total. The lowest BCUT2D eigenvalue weighted by Gasteiger charge is -2.35. The molecule has 2 aromatic rings. The lowest BCUT2D eigenvalue weighted by molar-refractivity contribution is -0.129. The summed E-state index contributed by atoms with van der Waals surface area (Å²) in [5.41, 5.74) is 3.77. The zero-order valence-corrected chi connectivity index (χ0v) is 20.5. The monoisotopic (exact) mass is 502 g/mol. The van der Waals surface area contributed by atoms with E-state index in [1.54, 1.807) is 9.80 Å². The molecular formula is C24H28Cl2N6O2. The number of benzene rings is 2. The Kier molecular flexibility index (Phi) is 8.24. The van der Waals surface area contributed by atoms with Crippen LogP contribution in [0.1, 0.15) is 0 Å². The van der Waals surface area contributed by atoms with Crippen LogP contribution in [0, 0.1) is 0 Å². The first-order valence-electron chi connectivity index (χ1n) is 11.4. The van der Waals surface area contributed by atoms with Crippen LogP contribution in [0.25, 0.3) is 0 Å². The maximum absolute atomic E-state index is 11.7. The van der Waals surface area contributed by atoms with Crippen LogP contribution < -0.4 is 9.80 Å². The Hall–Kier alpha value is -2.84. The predicted octanol–water partition coefficient (Wildman–Crippen LogP) is 3.88. The number of carbonyl (C=O) groups excluding carboxylic acids is 2. The molecule has 0 atom stereocenters. The third-order valence-corrected chi connectivity index (χ3v) is 6.66. The fourth-order valence-electron chi connectivity index (χ4n) is 4.17. The average molecular weight is 503 g/mol. The Morgan fingerprint density at radius 2 is 0.912 bits per heavy atom. The Balaban J connectivity index is 1.29. The Bertz CT molecular complexity index is 918. The van der Waals surface area contributed by atoms with Gasteiger partial charge in [-0.05, 0) is 48.5 Å². The van der Waals surface area contributed by atoms with Crippen LogP contribution in [0.2, 0.25) is 0 Å². The van der Waals surface area contributed by atoms with E-state index in [2.05, 4.69) is 20.0 Å². The van der Waals surface area contributed by atoms with Crippen molar-refractivity contribution in [1.29, 1.82) is 0 Å². The highest BCUT2D eigenvalue weighted by Crippen LogP contribution is 2.25. The van der Waals surface area contributed by atoms with Crippen LogP contribution >= 0.6 is 23.2 Å².